The van der Waals surface area contributed by atoms with Gasteiger partial charge in [-0.2, -0.15) is 0 Å². The van der Waals surface area contributed by atoms with Crippen molar-refractivity contribution in [1.29, 1.82) is 0 Å². The summed E-state index contributed by atoms with van der Waals surface area (Å²) < 4.78 is 0. The second-order valence-corrected chi connectivity index (χ2v) is 3.60. The Kier molecular flexibility index (Phi) is 3.45. The van der Waals surface area contributed by atoms with E-state index >= 15 is 0 Å². The summed E-state index contributed by atoms with van der Waals surface area (Å²) in [5.41, 5.74) is 0. The van der Waals surface area contributed by atoms with E-state index in [1.807, 2.05) is 6.92 Å². The van der Waals surface area contributed by atoms with Crippen LogP contribution in [0, 0.1) is 6.92 Å². The van der Waals surface area contributed by atoms with Gasteiger partial charge >= 0.3 is 6.03 Å². The summed E-state index contributed by atoms with van der Waals surface area (Å²) in [6.45, 7) is 5.84. The van der Waals surface area contributed by atoms with E-state index in [2.05, 4.69) is 22.2 Å². The average Bonchev–Trinajstić information content (AvgIpc) is 2.48. The molecule has 0 saturated heterocycles. The van der Waals surface area contributed by atoms with Crippen LogP contribution in [0.15, 0.2) is 18.9 Å². The number of carbonyl (C=O) groups excluding carboxylic acids is 1. The molecule has 0 aliphatic carbocycles. The fourth-order valence-electron chi connectivity index (χ4n) is 0.740. The Morgan fingerprint density at radius 3 is 3.15 bits per heavy atom. The summed E-state index contributed by atoms with van der Waals surface area (Å²) in [4.78, 5) is 15.1. The number of hydrogen-bond acceptors (Lipinski definition) is 3. The van der Waals surface area contributed by atoms with Crippen molar-refractivity contribution in [3.63, 3.8) is 0 Å². The third kappa shape index (κ3) is 3.25. The fraction of sp³-hybridized carbons (Fsp3) is 0.250. The zero-order chi connectivity index (χ0) is 9.68. The molecule has 0 spiro atoms. The van der Waals surface area contributed by atoms with E-state index in [1.54, 1.807) is 12.3 Å². The standard InChI is InChI=1S/C8H11N3OS/c1-3-4-9-8(12)11-7-5-10-6(2)13-7/h3,5H,1,4H2,2H3,(H2,9,11,12). The van der Waals surface area contributed by atoms with Gasteiger partial charge in [-0.25, -0.2) is 9.78 Å². The molecule has 0 unspecified atom stereocenters. The molecule has 0 aliphatic rings. The highest BCUT2D eigenvalue weighted by molar-refractivity contribution is 7.15. The first-order valence-corrected chi connectivity index (χ1v) is 4.62. The molecule has 0 aliphatic heterocycles. The third-order valence-electron chi connectivity index (χ3n) is 1.26. The van der Waals surface area contributed by atoms with Crippen LogP contribution in [0.1, 0.15) is 5.01 Å². The Morgan fingerprint density at radius 2 is 2.62 bits per heavy atom. The van der Waals surface area contributed by atoms with Gasteiger partial charge in [0, 0.05) is 6.54 Å². The van der Waals surface area contributed by atoms with E-state index in [-0.39, 0.29) is 6.03 Å². The minimum Gasteiger partial charge on any atom is -0.334 e. The highest BCUT2D eigenvalue weighted by Crippen LogP contribution is 2.16. The van der Waals surface area contributed by atoms with E-state index < -0.39 is 0 Å². The molecule has 0 atom stereocenters. The van der Waals surface area contributed by atoms with Gasteiger partial charge in [0.2, 0.25) is 0 Å². The molecule has 13 heavy (non-hydrogen) atoms. The molecule has 0 saturated carbocycles. The molecule has 0 aromatic carbocycles. The summed E-state index contributed by atoms with van der Waals surface area (Å²) >= 11 is 1.44. The Morgan fingerprint density at radius 1 is 1.85 bits per heavy atom. The van der Waals surface area contributed by atoms with Crippen LogP contribution in [0.2, 0.25) is 0 Å². The van der Waals surface area contributed by atoms with E-state index in [0.29, 0.717) is 6.54 Å². The van der Waals surface area contributed by atoms with Crippen molar-refractivity contribution < 1.29 is 4.79 Å². The van der Waals surface area contributed by atoms with Crippen molar-refractivity contribution in [3.8, 4) is 0 Å². The SMILES string of the molecule is C=CCNC(=O)Nc1cnc(C)s1. The molecule has 0 fully saturated rings. The van der Waals surface area contributed by atoms with Crippen LogP contribution in [0.5, 0.6) is 0 Å². The van der Waals surface area contributed by atoms with E-state index in [9.17, 15) is 4.79 Å². The van der Waals surface area contributed by atoms with Crippen molar-refractivity contribution in [1.82, 2.24) is 10.3 Å². The molecular weight excluding hydrogens is 186 g/mol. The first-order chi connectivity index (χ1) is 6.22. The van der Waals surface area contributed by atoms with Gasteiger partial charge in [-0.15, -0.1) is 17.9 Å². The highest BCUT2D eigenvalue weighted by atomic mass is 32.1. The monoisotopic (exact) mass is 197 g/mol. The average molecular weight is 197 g/mol. The summed E-state index contributed by atoms with van der Waals surface area (Å²) in [7, 11) is 0. The maximum absolute atomic E-state index is 11.1. The van der Waals surface area contributed by atoms with Gasteiger partial charge in [0.1, 0.15) is 5.00 Å². The maximum atomic E-state index is 11.1. The first kappa shape index (κ1) is 9.73. The van der Waals surface area contributed by atoms with Crippen LogP contribution >= 0.6 is 11.3 Å². The lowest BCUT2D eigenvalue weighted by Crippen LogP contribution is -2.28. The highest BCUT2D eigenvalue weighted by Gasteiger charge is 2.01. The Balaban J connectivity index is 2.40. The van der Waals surface area contributed by atoms with Crippen molar-refractivity contribution >= 4 is 22.4 Å². The normalized spacial score (nSPS) is 9.31. The van der Waals surface area contributed by atoms with Crippen molar-refractivity contribution in [2.75, 3.05) is 11.9 Å². The van der Waals surface area contributed by atoms with E-state index in [4.69, 9.17) is 0 Å². The van der Waals surface area contributed by atoms with Gasteiger partial charge in [0.15, 0.2) is 0 Å². The lowest BCUT2D eigenvalue weighted by molar-refractivity contribution is 0.253. The van der Waals surface area contributed by atoms with Gasteiger partial charge in [0.05, 0.1) is 11.2 Å². The fourth-order valence-corrected chi connectivity index (χ4v) is 1.41. The van der Waals surface area contributed by atoms with E-state index in [1.165, 1.54) is 11.3 Å². The number of hydrogen-bond donors (Lipinski definition) is 2. The van der Waals surface area contributed by atoms with Crippen LogP contribution in [0.3, 0.4) is 0 Å². The van der Waals surface area contributed by atoms with Crippen LogP contribution in [-0.2, 0) is 0 Å². The van der Waals surface area contributed by atoms with Crippen LogP contribution in [0.4, 0.5) is 9.80 Å². The molecule has 1 aromatic heterocycles. The van der Waals surface area contributed by atoms with Gasteiger partial charge in [-0.3, -0.25) is 5.32 Å². The topological polar surface area (TPSA) is 54.0 Å². The molecule has 0 bridgehead atoms. The summed E-state index contributed by atoms with van der Waals surface area (Å²) in [5.74, 6) is 0. The number of urea groups is 1. The molecule has 5 heteroatoms. The molecule has 1 heterocycles. The van der Waals surface area contributed by atoms with Crippen LogP contribution in [0.25, 0.3) is 0 Å². The Bertz CT molecular complexity index is 308. The molecule has 1 rings (SSSR count). The quantitative estimate of drug-likeness (QED) is 0.725. The summed E-state index contributed by atoms with van der Waals surface area (Å²) in [6, 6.07) is -0.233. The summed E-state index contributed by atoms with van der Waals surface area (Å²) in [5, 5.41) is 6.94. The minimum absolute atomic E-state index is 0.233. The lowest BCUT2D eigenvalue weighted by atomic mass is 10.6. The number of nitrogens with one attached hydrogen (secondary N) is 2. The molecular formula is C8H11N3OS. The van der Waals surface area contributed by atoms with Crippen LogP contribution in [-0.4, -0.2) is 17.6 Å². The maximum Gasteiger partial charge on any atom is 0.320 e. The Labute approximate surface area is 80.7 Å². The third-order valence-corrected chi connectivity index (χ3v) is 2.09. The zero-order valence-corrected chi connectivity index (χ0v) is 8.15. The van der Waals surface area contributed by atoms with Crippen molar-refractivity contribution in [2.45, 2.75) is 6.92 Å². The molecule has 70 valence electrons. The first-order valence-electron chi connectivity index (χ1n) is 3.80. The molecule has 0 radical (unpaired) electrons. The second-order valence-electron chi connectivity index (χ2n) is 2.37. The predicted molar refractivity (Wildman–Crippen MR) is 54.1 cm³/mol. The van der Waals surface area contributed by atoms with Gasteiger partial charge in [-0.1, -0.05) is 6.08 Å². The number of rotatable bonds is 3. The number of anilines is 1. The zero-order valence-electron chi connectivity index (χ0n) is 7.33. The molecule has 2 N–H and O–H groups in total. The largest absolute Gasteiger partial charge is 0.334 e. The van der Waals surface area contributed by atoms with Crippen molar-refractivity contribution in [3.05, 3.63) is 23.9 Å². The lowest BCUT2D eigenvalue weighted by Gasteiger charge is -2.01. The smallest absolute Gasteiger partial charge is 0.320 e. The molecule has 1 aromatic rings. The summed E-state index contributed by atoms with van der Waals surface area (Å²) in [6.07, 6.45) is 3.25. The predicted octanol–water partition coefficient (Wildman–Crippen LogP) is 1.76. The van der Waals surface area contributed by atoms with Crippen LogP contribution < -0.4 is 10.6 Å². The van der Waals surface area contributed by atoms with E-state index in [0.717, 1.165) is 10.0 Å². The Hall–Kier alpha value is -1.36. The number of nitrogens with zero attached hydrogens (tertiary/aromatic N) is 1. The molecule has 4 nitrogen and oxygen atoms in total. The van der Waals surface area contributed by atoms with Crippen molar-refractivity contribution in [2.24, 2.45) is 0 Å². The van der Waals surface area contributed by atoms with Gasteiger partial charge in [-0.05, 0) is 6.92 Å². The van der Waals surface area contributed by atoms with Gasteiger partial charge < -0.3 is 5.32 Å². The number of aromatic nitrogens is 1. The molecule has 2 amide bonds. The number of thiazole rings is 1. The number of carbonyl (C=O) groups is 1. The number of aryl methyl sites for hydroxylation is 1. The minimum atomic E-state index is -0.233. The van der Waals surface area contributed by atoms with Gasteiger partial charge in [0.25, 0.3) is 0 Å². The number of amides is 2. The second kappa shape index (κ2) is 4.61.